The van der Waals surface area contributed by atoms with Crippen molar-refractivity contribution in [3.05, 3.63) is 12.7 Å². The van der Waals surface area contributed by atoms with Crippen LogP contribution in [0, 0.1) is 5.92 Å². The van der Waals surface area contributed by atoms with Gasteiger partial charge in [-0.1, -0.05) is 6.58 Å². The zero-order chi connectivity index (χ0) is 7.40. The van der Waals surface area contributed by atoms with Gasteiger partial charge < -0.3 is 4.74 Å². The monoisotopic (exact) mass is 140 g/mol. The van der Waals surface area contributed by atoms with E-state index in [1.54, 1.807) is 0 Å². The van der Waals surface area contributed by atoms with Crippen molar-refractivity contribution >= 4 is 5.78 Å². The molecule has 1 saturated heterocycles. The molecule has 10 heavy (non-hydrogen) atoms. The van der Waals surface area contributed by atoms with Gasteiger partial charge in [0.25, 0.3) is 0 Å². The second-order valence-electron chi connectivity index (χ2n) is 2.49. The van der Waals surface area contributed by atoms with Gasteiger partial charge in [0.2, 0.25) is 0 Å². The Balaban J connectivity index is 2.38. The molecule has 0 aromatic heterocycles. The maximum atomic E-state index is 11.0. The summed E-state index contributed by atoms with van der Waals surface area (Å²) in [5.74, 6) is 0.356. The molecule has 56 valence electrons. The predicted molar refractivity (Wildman–Crippen MR) is 38.7 cm³/mol. The molecule has 0 aromatic rings. The minimum Gasteiger partial charge on any atom is -0.381 e. The first-order chi connectivity index (χ1) is 4.84. The topological polar surface area (TPSA) is 26.3 Å². The summed E-state index contributed by atoms with van der Waals surface area (Å²) >= 11 is 0. The highest BCUT2D eigenvalue weighted by Gasteiger charge is 2.18. The Morgan fingerprint density at radius 1 is 1.50 bits per heavy atom. The number of allylic oxidation sites excluding steroid dienone is 1. The quantitative estimate of drug-likeness (QED) is 0.538. The normalized spacial score (nSPS) is 20.4. The molecule has 2 nitrogen and oxygen atoms in total. The highest BCUT2D eigenvalue weighted by Crippen LogP contribution is 2.15. The Labute approximate surface area is 60.9 Å². The average molecular weight is 140 g/mol. The fraction of sp³-hybridized carbons (Fsp3) is 0.625. The van der Waals surface area contributed by atoms with Gasteiger partial charge in [-0.2, -0.15) is 0 Å². The molecule has 0 spiro atoms. The molecule has 0 amide bonds. The van der Waals surface area contributed by atoms with Crippen LogP contribution in [-0.2, 0) is 9.53 Å². The Bertz CT molecular complexity index is 134. The van der Waals surface area contributed by atoms with Crippen molar-refractivity contribution in [1.29, 1.82) is 0 Å². The third kappa shape index (κ3) is 1.67. The minimum absolute atomic E-state index is 0.170. The van der Waals surface area contributed by atoms with Crippen molar-refractivity contribution in [1.82, 2.24) is 0 Å². The van der Waals surface area contributed by atoms with E-state index in [2.05, 4.69) is 6.58 Å². The van der Waals surface area contributed by atoms with Crippen molar-refractivity contribution in [2.24, 2.45) is 5.92 Å². The molecular weight excluding hydrogens is 128 g/mol. The lowest BCUT2D eigenvalue weighted by Gasteiger charge is -2.18. The predicted octanol–water partition coefficient (Wildman–Crippen LogP) is 1.17. The summed E-state index contributed by atoms with van der Waals surface area (Å²) in [7, 11) is 0. The van der Waals surface area contributed by atoms with E-state index in [1.807, 2.05) is 0 Å². The molecule has 1 rings (SSSR count). The van der Waals surface area contributed by atoms with Crippen molar-refractivity contribution < 1.29 is 9.53 Å². The van der Waals surface area contributed by atoms with Crippen LogP contribution in [0.25, 0.3) is 0 Å². The van der Waals surface area contributed by atoms with Gasteiger partial charge in [-0.15, -0.1) is 0 Å². The van der Waals surface area contributed by atoms with E-state index in [9.17, 15) is 4.79 Å². The van der Waals surface area contributed by atoms with E-state index in [0.29, 0.717) is 0 Å². The third-order valence-electron chi connectivity index (χ3n) is 1.82. The van der Waals surface area contributed by atoms with E-state index < -0.39 is 0 Å². The van der Waals surface area contributed by atoms with Crippen LogP contribution >= 0.6 is 0 Å². The maximum absolute atomic E-state index is 11.0. The van der Waals surface area contributed by atoms with E-state index in [4.69, 9.17) is 4.74 Å². The number of carbonyl (C=O) groups excluding carboxylic acids is 1. The van der Waals surface area contributed by atoms with E-state index in [1.165, 1.54) is 6.08 Å². The third-order valence-corrected chi connectivity index (χ3v) is 1.82. The summed E-state index contributed by atoms with van der Waals surface area (Å²) in [5.41, 5.74) is 0. The summed E-state index contributed by atoms with van der Waals surface area (Å²) in [4.78, 5) is 11.0. The summed E-state index contributed by atoms with van der Waals surface area (Å²) in [6.07, 6.45) is 3.14. The molecular formula is C8H12O2. The Morgan fingerprint density at radius 2 is 2.10 bits per heavy atom. The van der Waals surface area contributed by atoms with Gasteiger partial charge in [0.15, 0.2) is 5.78 Å². The minimum atomic E-state index is 0.170. The highest BCUT2D eigenvalue weighted by molar-refractivity contribution is 5.91. The van der Waals surface area contributed by atoms with Crippen LogP contribution in [0.2, 0.25) is 0 Å². The fourth-order valence-electron chi connectivity index (χ4n) is 1.15. The lowest BCUT2D eigenvalue weighted by Crippen LogP contribution is -2.21. The van der Waals surface area contributed by atoms with Crippen LogP contribution in [0.15, 0.2) is 12.7 Å². The number of ether oxygens (including phenoxy) is 1. The van der Waals surface area contributed by atoms with Crippen molar-refractivity contribution in [3.8, 4) is 0 Å². The Morgan fingerprint density at radius 3 is 2.60 bits per heavy atom. The maximum Gasteiger partial charge on any atom is 0.158 e. The lowest BCUT2D eigenvalue weighted by molar-refractivity contribution is -0.120. The molecule has 1 heterocycles. The van der Waals surface area contributed by atoms with Crippen LogP contribution in [0.4, 0.5) is 0 Å². The summed E-state index contributed by atoms with van der Waals surface area (Å²) in [6.45, 7) is 4.90. The molecule has 1 aliphatic heterocycles. The highest BCUT2D eigenvalue weighted by atomic mass is 16.5. The van der Waals surface area contributed by atoms with Gasteiger partial charge >= 0.3 is 0 Å². The van der Waals surface area contributed by atoms with Gasteiger partial charge in [0.05, 0.1) is 0 Å². The molecule has 0 N–H and O–H groups in total. The Hall–Kier alpha value is -0.630. The van der Waals surface area contributed by atoms with Gasteiger partial charge in [0.1, 0.15) is 0 Å². The zero-order valence-electron chi connectivity index (χ0n) is 6.01. The molecule has 0 radical (unpaired) electrons. The largest absolute Gasteiger partial charge is 0.381 e. The molecule has 0 aromatic carbocycles. The molecule has 0 atom stereocenters. The Kier molecular flexibility index (Phi) is 2.63. The fourth-order valence-corrected chi connectivity index (χ4v) is 1.15. The van der Waals surface area contributed by atoms with Crippen LogP contribution in [0.5, 0.6) is 0 Å². The molecule has 1 aliphatic rings. The molecule has 1 fully saturated rings. The number of rotatable bonds is 2. The molecule has 0 saturated carbocycles. The smallest absolute Gasteiger partial charge is 0.158 e. The molecule has 0 unspecified atom stereocenters. The molecule has 2 heteroatoms. The second kappa shape index (κ2) is 3.52. The zero-order valence-corrected chi connectivity index (χ0v) is 6.01. The summed E-state index contributed by atoms with van der Waals surface area (Å²) in [5, 5.41) is 0. The SMILES string of the molecule is C=CC(=O)C1CCOCC1. The first kappa shape index (κ1) is 7.48. The van der Waals surface area contributed by atoms with Crippen LogP contribution in [0.1, 0.15) is 12.8 Å². The second-order valence-corrected chi connectivity index (χ2v) is 2.49. The van der Waals surface area contributed by atoms with Gasteiger partial charge in [0, 0.05) is 19.1 Å². The van der Waals surface area contributed by atoms with Gasteiger partial charge in [-0.25, -0.2) is 0 Å². The molecule has 0 aliphatic carbocycles. The van der Waals surface area contributed by atoms with Crippen molar-refractivity contribution in [3.63, 3.8) is 0 Å². The van der Waals surface area contributed by atoms with E-state index >= 15 is 0 Å². The van der Waals surface area contributed by atoms with Gasteiger partial charge in [-0.05, 0) is 18.9 Å². The lowest BCUT2D eigenvalue weighted by atomic mass is 9.96. The summed E-state index contributed by atoms with van der Waals surface area (Å²) < 4.78 is 5.11. The van der Waals surface area contributed by atoms with E-state index in [0.717, 1.165) is 26.1 Å². The number of ketones is 1. The number of hydrogen-bond donors (Lipinski definition) is 0. The van der Waals surface area contributed by atoms with E-state index in [-0.39, 0.29) is 11.7 Å². The number of hydrogen-bond acceptors (Lipinski definition) is 2. The first-order valence-corrected chi connectivity index (χ1v) is 3.58. The van der Waals surface area contributed by atoms with Crippen molar-refractivity contribution in [2.45, 2.75) is 12.8 Å². The number of carbonyl (C=O) groups is 1. The van der Waals surface area contributed by atoms with Gasteiger partial charge in [-0.3, -0.25) is 4.79 Å². The first-order valence-electron chi connectivity index (χ1n) is 3.58. The van der Waals surface area contributed by atoms with Crippen LogP contribution in [0.3, 0.4) is 0 Å². The molecule has 0 bridgehead atoms. The average Bonchev–Trinajstić information content (AvgIpc) is 2.05. The summed E-state index contributed by atoms with van der Waals surface area (Å²) in [6, 6.07) is 0. The van der Waals surface area contributed by atoms with Crippen molar-refractivity contribution in [2.75, 3.05) is 13.2 Å². The standard InChI is InChI=1S/C8H12O2/c1-2-8(9)7-3-5-10-6-4-7/h2,7H,1,3-6H2. The van der Waals surface area contributed by atoms with Crippen LogP contribution in [-0.4, -0.2) is 19.0 Å². The van der Waals surface area contributed by atoms with Crippen LogP contribution < -0.4 is 0 Å².